The summed E-state index contributed by atoms with van der Waals surface area (Å²) in [4.78, 5) is 23.4. The molecule has 2 aromatic rings. The molecule has 8 heteroatoms. The number of rotatable bonds is 7. The van der Waals surface area contributed by atoms with Crippen molar-refractivity contribution in [2.75, 3.05) is 17.7 Å². The van der Waals surface area contributed by atoms with Crippen molar-refractivity contribution in [2.24, 2.45) is 0 Å². The lowest BCUT2D eigenvalue weighted by molar-refractivity contribution is -0.144. The normalized spacial score (nSPS) is 11.1. The fourth-order valence-electron chi connectivity index (χ4n) is 2.15. The molecule has 0 unspecified atom stereocenters. The van der Waals surface area contributed by atoms with Gasteiger partial charge >= 0.3 is 12.1 Å². The van der Waals surface area contributed by atoms with E-state index in [9.17, 15) is 22.8 Å². The van der Waals surface area contributed by atoms with Crippen LogP contribution < -0.4 is 5.32 Å². The second-order valence-electron chi connectivity index (χ2n) is 5.73. The first kappa shape index (κ1) is 20.8. The van der Waals surface area contributed by atoms with Gasteiger partial charge in [0.05, 0.1) is 17.0 Å². The van der Waals surface area contributed by atoms with Crippen molar-refractivity contribution in [2.45, 2.75) is 18.9 Å². The topological polar surface area (TPSA) is 55.4 Å². The lowest BCUT2D eigenvalue weighted by Gasteiger charge is -2.13. The number of thioether (sulfide) groups is 1. The molecule has 2 rings (SSSR count). The zero-order valence-corrected chi connectivity index (χ0v) is 15.3. The minimum atomic E-state index is -4.59. The van der Waals surface area contributed by atoms with Crippen LogP contribution in [0.5, 0.6) is 0 Å². The van der Waals surface area contributed by atoms with Gasteiger partial charge in [0, 0.05) is 5.75 Å². The van der Waals surface area contributed by atoms with Crippen LogP contribution in [-0.2, 0) is 26.3 Å². The maximum absolute atomic E-state index is 12.9. The molecule has 0 saturated carbocycles. The Balaban J connectivity index is 1.75. The predicted octanol–water partition coefficient (Wildman–Crippen LogP) is 4.43. The summed E-state index contributed by atoms with van der Waals surface area (Å²) in [5.41, 5.74) is 0.860. The number of para-hydroxylation sites is 1. The second-order valence-corrected chi connectivity index (χ2v) is 6.72. The first-order chi connectivity index (χ1) is 12.8. The third kappa shape index (κ3) is 6.97. The van der Waals surface area contributed by atoms with Gasteiger partial charge in [0.1, 0.15) is 0 Å². The molecular formula is C19H18F3NO3S. The molecule has 2 aromatic carbocycles. The number of esters is 1. The van der Waals surface area contributed by atoms with Crippen molar-refractivity contribution in [3.05, 3.63) is 65.2 Å². The summed E-state index contributed by atoms with van der Waals surface area (Å²) in [6, 6.07) is 12.5. The number of halogens is 3. The summed E-state index contributed by atoms with van der Waals surface area (Å²) in [5, 5.41) is 2.12. The van der Waals surface area contributed by atoms with Gasteiger partial charge in [0.25, 0.3) is 5.91 Å². The van der Waals surface area contributed by atoms with Crippen LogP contribution in [0, 0.1) is 6.92 Å². The number of anilines is 1. The van der Waals surface area contributed by atoms with E-state index in [-0.39, 0.29) is 11.4 Å². The van der Waals surface area contributed by atoms with Gasteiger partial charge in [0.15, 0.2) is 6.61 Å². The van der Waals surface area contributed by atoms with Crippen LogP contribution in [-0.4, -0.2) is 24.2 Å². The number of hydrogen-bond donors (Lipinski definition) is 1. The monoisotopic (exact) mass is 397 g/mol. The number of amides is 1. The number of alkyl halides is 3. The highest BCUT2D eigenvalue weighted by molar-refractivity contribution is 7.99. The van der Waals surface area contributed by atoms with E-state index in [0.29, 0.717) is 5.75 Å². The number of nitrogens with one attached hydrogen (secondary N) is 1. The molecule has 1 N–H and O–H groups in total. The van der Waals surface area contributed by atoms with Crippen LogP contribution in [0.4, 0.5) is 18.9 Å². The maximum atomic E-state index is 12.9. The zero-order valence-electron chi connectivity index (χ0n) is 14.5. The molecule has 0 bridgehead atoms. The first-order valence-electron chi connectivity index (χ1n) is 8.00. The quantitative estimate of drug-likeness (QED) is 0.703. The molecule has 0 aliphatic heterocycles. The Hall–Kier alpha value is -2.48. The van der Waals surface area contributed by atoms with E-state index in [2.05, 4.69) is 5.32 Å². The Kier molecular flexibility index (Phi) is 7.29. The van der Waals surface area contributed by atoms with E-state index >= 15 is 0 Å². The summed E-state index contributed by atoms with van der Waals surface area (Å²) < 4.78 is 43.4. The summed E-state index contributed by atoms with van der Waals surface area (Å²) >= 11 is 1.33. The molecule has 4 nitrogen and oxygen atoms in total. The number of carbonyl (C=O) groups is 2. The molecule has 1 amide bonds. The molecular weight excluding hydrogens is 379 g/mol. The molecule has 0 aromatic heterocycles. The van der Waals surface area contributed by atoms with Crippen LogP contribution in [0.25, 0.3) is 0 Å². The van der Waals surface area contributed by atoms with Crippen LogP contribution in [0.1, 0.15) is 16.7 Å². The van der Waals surface area contributed by atoms with Gasteiger partial charge in [-0.2, -0.15) is 13.2 Å². The maximum Gasteiger partial charge on any atom is 0.418 e. The third-order valence-electron chi connectivity index (χ3n) is 3.48. The molecule has 0 aliphatic rings. The Morgan fingerprint density at radius 2 is 1.74 bits per heavy atom. The molecule has 0 aliphatic carbocycles. The average molecular weight is 397 g/mol. The SMILES string of the molecule is Cc1ccc(CSCC(=O)OCC(=O)Nc2ccccc2C(F)(F)F)cc1. The summed E-state index contributed by atoms with van der Waals surface area (Å²) in [6.45, 7) is 1.34. The van der Waals surface area contributed by atoms with Gasteiger partial charge in [-0.15, -0.1) is 11.8 Å². The summed E-state index contributed by atoms with van der Waals surface area (Å²) in [5.74, 6) is -0.782. The van der Waals surface area contributed by atoms with Crippen LogP contribution in [0.15, 0.2) is 48.5 Å². The highest BCUT2D eigenvalue weighted by Gasteiger charge is 2.33. The van der Waals surface area contributed by atoms with Crippen molar-refractivity contribution in [1.29, 1.82) is 0 Å². The van der Waals surface area contributed by atoms with E-state index in [1.807, 2.05) is 31.2 Å². The van der Waals surface area contributed by atoms with Crippen molar-refractivity contribution in [1.82, 2.24) is 0 Å². The van der Waals surface area contributed by atoms with E-state index < -0.39 is 30.2 Å². The fraction of sp³-hybridized carbons (Fsp3) is 0.263. The predicted molar refractivity (Wildman–Crippen MR) is 98.4 cm³/mol. The Bertz CT molecular complexity index is 792. The highest BCUT2D eigenvalue weighted by atomic mass is 32.2. The molecule has 0 spiro atoms. The molecule has 27 heavy (non-hydrogen) atoms. The van der Waals surface area contributed by atoms with Gasteiger partial charge in [-0.3, -0.25) is 9.59 Å². The molecule has 0 saturated heterocycles. The first-order valence-corrected chi connectivity index (χ1v) is 9.16. The molecule has 144 valence electrons. The second kappa shape index (κ2) is 9.45. The number of benzene rings is 2. The van der Waals surface area contributed by atoms with E-state index in [4.69, 9.17) is 4.74 Å². The Labute approximate surface area is 159 Å². The number of hydrogen-bond acceptors (Lipinski definition) is 4. The lowest BCUT2D eigenvalue weighted by atomic mass is 10.1. The average Bonchev–Trinajstić information content (AvgIpc) is 2.61. The Morgan fingerprint density at radius 3 is 2.41 bits per heavy atom. The van der Waals surface area contributed by atoms with Crippen molar-refractivity contribution in [3.8, 4) is 0 Å². The minimum absolute atomic E-state index is 0.0420. The van der Waals surface area contributed by atoms with Crippen LogP contribution >= 0.6 is 11.8 Å². The van der Waals surface area contributed by atoms with E-state index in [0.717, 1.165) is 23.3 Å². The van der Waals surface area contributed by atoms with Gasteiger partial charge in [-0.25, -0.2) is 0 Å². The van der Waals surface area contributed by atoms with E-state index in [1.54, 1.807) is 0 Å². The Morgan fingerprint density at radius 1 is 1.07 bits per heavy atom. The summed E-state index contributed by atoms with van der Waals surface area (Å²) in [7, 11) is 0. The van der Waals surface area contributed by atoms with E-state index in [1.165, 1.54) is 23.9 Å². The fourth-order valence-corrected chi connectivity index (χ4v) is 2.93. The van der Waals surface area contributed by atoms with Gasteiger partial charge in [0.2, 0.25) is 0 Å². The van der Waals surface area contributed by atoms with Crippen LogP contribution in [0.2, 0.25) is 0 Å². The van der Waals surface area contributed by atoms with Crippen molar-refractivity contribution in [3.63, 3.8) is 0 Å². The number of carbonyl (C=O) groups excluding carboxylic acids is 2. The van der Waals surface area contributed by atoms with Crippen molar-refractivity contribution < 1.29 is 27.5 Å². The molecule has 0 radical (unpaired) electrons. The number of aryl methyl sites for hydroxylation is 1. The third-order valence-corrected chi connectivity index (χ3v) is 4.46. The molecule has 0 heterocycles. The zero-order chi connectivity index (χ0) is 19.9. The lowest BCUT2D eigenvalue weighted by Crippen LogP contribution is -2.23. The van der Waals surface area contributed by atoms with Gasteiger partial charge in [-0.05, 0) is 24.6 Å². The minimum Gasteiger partial charge on any atom is -0.455 e. The smallest absolute Gasteiger partial charge is 0.418 e. The van der Waals surface area contributed by atoms with Gasteiger partial charge < -0.3 is 10.1 Å². The van der Waals surface area contributed by atoms with Crippen LogP contribution in [0.3, 0.4) is 0 Å². The molecule has 0 atom stereocenters. The molecule has 0 fully saturated rings. The summed E-state index contributed by atoms with van der Waals surface area (Å²) in [6.07, 6.45) is -4.59. The highest BCUT2D eigenvalue weighted by Crippen LogP contribution is 2.34. The standard InChI is InChI=1S/C19H18F3NO3S/c1-13-6-8-14(9-7-13)11-27-12-18(25)26-10-17(24)23-16-5-3-2-4-15(16)19(20,21)22/h2-9H,10-12H2,1H3,(H,23,24). The van der Waals surface area contributed by atoms with Crippen molar-refractivity contribution >= 4 is 29.3 Å². The largest absolute Gasteiger partial charge is 0.455 e. The number of ether oxygens (including phenoxy) is 1. The van der Waals surface area contributed by atoms with Gasteiger partial charge in [-0.1, -0.05) is 42.0 Å².